The number of fused-ring (bicyclic) bond motifs is 1. The summed E-state index contributed by atoms with van der Waals surface area (Å²) in [7, 11) is 0. The molecule has 0 aliphatic carbocycles. The second-order valence-electron chi connectivity index (χ2n) is 5.05. The highest BCUT2D eigenvalue weighted by Crippen LogP contribution is 2.18. The Balaban J connectivity index is 1.43. The van der Waals surface area contributed by atoms with Crippen LogP contribution in [0.1, 0.15) is 16.8 Å². The van der Waals surface area contributed by atoms with Crippen LogP contribution in [-0.4, -0.2) is 28.2 Å². The van der Waals surface area contributed by atoms with Gasteiger partial charge in [0.25, 0.3) is 5.91 Å². The fraction of sp³-hybridized carbons (Fsp3) is 0.176. The number of hydrogen-bond donors (Lipinski definition) is 2. The lowest BCUT2D eigenvalue weighted by Gasteiger charge is -2.05. The molecule has 0 atom stereocenters. The number of nitrogens with zero attached hydrogens (tertiary/aromatic N) is 1. The number of H-pyrrole nitrogens is 1. The molecule has 1 aromatic heterocycles. The maximum Gasteiger partial charge on any atom is 0.251 e. The van der Waals surface area contributed by atoms with E-state index in [2.05, 4.69) is 15.3 Å². The summed E-state index contributed by atoms with van der Waals surface area (Å²) in [5.74, 6) is 0.551. The minimum Gasteiger partial charge on any atom is -0.352 e. The molecule has 1 heterocycles. The number of amides is 1. The molecule has 0 saturated carbocycles. The number of thioether (sulfide) groups is 1. The number of carbonyl (C=O) groups excluding carboxylic acids is 1. The standard InChI is InChI=1S/C17H16FN3OS/c18-13-3-5-14(6-4-13)23-9-1-8-19-17(22)12-2-7-15-16(10-12)21-11-20-15/h2-7,10-11H,1,8-9H2,(H,19,22)(H,20,21). The Hall–Kier alpha value is -2.34. The highest BCUT2D eigenvalue weighted by Gasteiger charge is 2.06. The van der Waals surface area contributed by atoms with Crippen LogP contribution in [0.15, 0.2) is 53.7 Å². The predicted molar refractivity (Wildman–Crippen MR) is 90.2 cm³/mol. The first-order valence-corrected chi connectivity index (χ1v) is 8.30. The highest BCUT2D eigenvalue weighted by molar-refractivity contribution is 7.99. The number of rotatable bonds is 6. The van der Waals surface area contributed by atoms with E-state index >= 15 is 0 Å². The van der Waals surface area contributed by atoms with Crippen molar-refractivity contribution in [2.45, 2.75) is 11.3 Å². The maximum atomic E-state index is 12.8. The van der Waals surface area contributed by atoms with Crippen LogP contribution in [0.4, 0.5) is 4.39 Å². The van der Waals surface area contributed by atoms with Crippen molar-refractivity contribution >= 4 is 28.7 Å². The first-order chi connectivity index (χ1) is 11.2. The SMILES string of the molecule is O=C(NCCCSc1ccc(F)cc1)c1ccc2nc[nH]c2c1. The van der Waals surface area contributed by atoms with Crippen molar-refractivity contribution < 1.29 is 9.18 Å². The highest BCUT2D eigenvalue weighted by atomic mass is 32.2. The second-order valence-corrected chi connectivity index (χ2v) is 6.21. The van der Waals surface area contributed by atoms with Crippen molar-refractivity contribution in [3.05, 3.63) is 60.2 Å². The molecule has 2 N–H and O–H groups in total. The molecule has 0 fully saturated rings. The van der Waals surface area contributed by atoms with E-state index in [0.717, 1.165) is 28.1 Å². The van der Waals surface area contributed by atoms with Gasteiger partial charge in [0, 0.05) is 17.0 Å². The van der Waals surface area contributed by atoms with E-state index in [1.54, 1.807) is 42.4 Å². The third kappa shape index (κ3) is 4.10. The van der Waals surface area contributed by atoms with Gasteiger partial charge in [0.2, 0.25) is 0 Å². The number of benzene rings is 2. The lowest BCUT2D eigenvalue weighted by atomic mass is 10.2. The van der Waals surface area contributed by atoms with Crippen molar-refractivity contribution in [3.8, 4) is 0 Å². The monoisotopic (exact) mass is 329 g/mol. The summed E-state index contributed by atoms with van der Waals surface area (Å²) in [5.41, 5.74) is 2.31. The second kappa shape index (κ2) is 7.28. The summed E-state index contributed by atoms with van der Waals surface area (Å²) < 4.78 is 12.8. The van der Waals surface area contributed by atoms with Crippen LogP contribution in [0, 0.1) is 5.82 Å². The van der Waals surface area contributed by atoms with Gasteiger partial charge in [0.05, 0.1) is 17.4 Å². The summed E-state index contributed by atoms with van der Waals surface area (Å²) in [6, 6.07) is 11.8. The van der Waals surface area contributed by atoms with Crippen molar-refractivity contribution in [1.82, 2.24) is 15.3 Å². The first-order valence-electron chi connectivity index (χ1n) is 7.32. The van der Waals surface area contributed by atoms with Crippen molar-refractivity contribution in [1.29, 1.82) is 0 Å². The van der Waals surface area contributed by atoms with Crippen molar-refractivity contribution in [2.75, 3.05) is 12.3 Å². The topological polar surface area (TPSA) is 57.8 Å². The lowest BCUT2D eigenvalue weighted by Crippen LogP contribution is -2.24. The van der Waals surface area contributed by atoms with Crippen LogP contribution in [-0.2, 0) is 0 Å². The van der Waals surface area contributed by atoms with Gasteiger partial charge in [-0.25, -0.2) is 9.37 Å². The quantitative estimate of drug-likeness (QED) is 0.536. The third-order valence-electron chi connectivity index (χ3n) is 3.37. The minimum absolute atomic E-state index is 0.0896. The van der Waals surface area contributed by atoms with Gasteiger partial charge in [-0.3, -0.25) is 4.79 Å². The van der Waals surface area contributed by atoms with Crippen LogP contribution >= 0.6 is 11.8 Å². The zero-order valence-corrected chi connectivity index (χ0v) is 13.2. The van der Waals surface area contributed by atoms with Gasteiger partial charge in [-0.15, -0.1) is 11.8 Å². The third-order valence-corrected chi connectivity index (χ3v) is 4.47. The average molecular weight is 329 g/mol. The van der Waals surface area contributed by atoms with E-state index in [0.29, 0.717) is 12.1 Å². The van der Waals surface area contributed by atoms with Gasteiger partial charge < -0.3 is 10.3 Å². The van der Waals surface area contributed by atoms with Crippen molar-refractivity contribution in [2.24, 2.45) is 0 Å². The number of imidazole rings is 1. The Kier molecular flexibility index (Phi) is 4.92. The Bertz CT molecular complexity index is 801. The summed E-state index contributed by atoms with van der Waals surface area (Å²) in [4.78, 5) is 20.2. The fourth-order valence-corrected chi connectivity index (χ4v) is 3.03. The first kappa shape index (κ1) is 15.6. The number of hydrogen-bond acceptors (Lipinski definition) is 3. The molecule has 0 unspecified atom stereocenters. The van der Waals surface area contributed by atoms with Gasteiger partial charge in [-0.1, -0.05) is 0 Å². The molecule has 1 amide bonds. The van der Waals surface area contributed by atoms with E-state index in [4.69, 9.17) is 0 Å². The van der Waals surface area contributed by atoms with Crippen LogP contribution in [0.3, 0.4) is 0 Å². The smallest absolute Gasteiger partial charge is 0.251 e. The number of aromatic amines is 1. The van der Waals surface area contributed by atoms with E-state index in [1.165, 1.54) is 12.1 Å². The van der Waals surface area contributed by atoms with Crippen LogP contribution in [0.25, 0.3) is 11.0 Å². The van der Waals surface area contributed by atoms with Crippen LogP contribution < -0.4 is 5.32 Å². The molecular weight excluding hydrogens is 313 g/mol. The molecule has 0 radical (unpaired) electrons. The average Bonchev–Trinajstić information content (AvgIpc) is 3.03. The Morgan fingerprint density at radius 1 is 1.22 bits per heavy atom. The zero-order valence-electron chi connectivity index (χ0n) is 12.4. The van der Waals surface area contributed by atoms with Gasteiger partial charge in [0.15, 0.2) is 0 Å². The molecule has 0 aliphatic heterocycles. The van der Waals surface area contributed by atoms with E-state index in [9.17, 15) is 9.18 Å². The van der Waals surface area contributed by atoms with E-state index in [-0.39, 0.29) is 11.7 Å². The molecule has 3 aromatic rings. The summed E-state index contributed by atoms with van der Waals surface area (Å²) in [6.45, 7) is 0.605. The number of halogens is 1. The molecule has 6 heteroatoms. The normalized spacial score (nSPS) is 10.8. The Morgan fingerprint density at radius 2 is 2.04 bits per heavy atom. The molecular formula is C17H16FN3OS. The fourth-order valence-electron chi connectivity index (χ4n) is 2.17. The molecule has 0 bridgehead atoms. The van der Waals surface area contributed by atoms with Crippen LogP contribution in [0.2, 0.25) is 0 Å². The van der Waals surface area contributed by atoms with Gasteiger partial charge in [0.1, 0.15) is 5.82 Å². The zero-order chi connectivity index (χ0) is 16.1. The lowest BCUT2D eigenvalue weighted by molar-refractivity contribution is 0.0954. The Labute approximate surface area is 137 Å². The summed E-state index contributed by atoms with van der Waals surface area (Å²) in [6.07, 6.45) is 2.46. The minimum atomic E-state index is -0.226. The molecule has 4 nitrogen and oxygen atoms in total. The van der Waals surface area contributed by atoms with Gasteiger partial charge in [-0.05, 0) is 54.6 Å². The van der Waals surface area contributed by atoms with Gasteiger partial charge in [-0.2, -0.15) is 0 Å². The number of carbonyl (C=O) groups is 1. The maximum absolute atomic E-state index is 12.8. The molecule has 3 rings (SSSR count). The molecule has 0 aliphatic rings. The van der Waals surface area contributed by atoms with E-state index < -0.39 is 0 Å². The van der Waals surface area contributed by atoms with Gasteiger partial charge >= 0.3 is 0 Å². The molecule has 0 saturated heterocycles. The molecule has 23 heavy (non-hydrogen) atoms. The number of nitrogens with one attached hydrogen (secondary N) is 2. The predicted octanol–water partition coefficient (Wildman–Crippen LogP) is 3.61. The van der Waals surface area contributed by atoms with Crippen LogP contribution in [0.5, 0.6) is 0 Å². The number of aromatic nitrogens is 2. The van der Waals surface area contributed by atoms with E-state index in [1.807, 2.05) is 6.07 Å². The molecule has 2 aromatic carbocycles. The summed E-state index contributed by atoms with van der Waals surface area (Å²) >= 11 is 1.65. The van der Waals surface area contributed by atoms with Crippen molar-refractivity contribution in [3.63, 3.8) is 0 Å². The Morgan fingerprint density at radius 3 is 2.87 bits per heavy atom. The molecule has 118 valence electrons. The summed E-state index contributed by atoms with van der Waals surface area (Å²) in [5, 5.41) is 2.90. The molecule has 0 spiro atoms. The largest absolute Gasteiger partial charge is 0.352 e.